The van der Waals surface area contributed by atoms with E-state index in [1.165, 1.54) is 0 Å². The number of ether oxygens (including phenoxy) is 2. The fourth-order valence-corrected chi connectivity index (χ4v) is 4.26. The topological polar surface area (TPSA) is 74.0 Å². The SMILES string of the molecule is CC(C)(C)OC(=O)N1CC(CCc2ccccc2N)OCC1CO[Si](C)(C)C(C)(C)C. The third-order valence-corrected chi connectivity index (χ3v) is 10.7. The quantitative estimate of drug-likeness (QED) is 0.475. The summed E-state index contributed by atoms with van der Waals surface area (Å²) in [6.45, 7) is 18.2. The van der Waals surface area contributed by atoms with Crippen molar-refractivity contribution in [3.63, 3.8) is 0 Å². The van der Waals surface area contributed by atoms with Crippen LogP contribution in [0.25, 0.3) is 0 Å². The van der Waals surface area contributed by atoms with Gasteiger partial charge in [0.05, 0.1) is 31.9 Å². The Hall–Kier alpha value is -1.57. The Balaban J connectivity index is 2.07. The summed E-state index contributed by atoms with van der Waals surface area (Å²) >= 11 is 0. The molecule has 0 aliphatic carbocycles. The molecule has 0 radical (unpaired) electrons. The van der Waals surface area contributed by atoms with E-state index in [2.05, 4.69) is 33.9 Å². The van der Waals surface area contributed by atoms with Crippen LogP contribution in [0.5, 0.6) is 0 Å². The average Bonchev–Trinajstić information content (AvgIpc) is 2.64. The molecule has 1 aromatic rings. The number of amides is 1. The number of rotatable bonds is 6. The van der Waals surface area contributed by atoms with Crippen LogP contribution >= 0.6 is 0 Å². The van der Waals surface area contributed by atoms with E-state index in [4.69, 9.17) is 19.6 Å². The molecule has 1 saturated heterocycles. The fraction of sp³-hybridized carbons (Fsp3) is 0.708. The Bertz CT molecular complexity index is 740. The zero-order valence-electron chi connectivity index (χ0n) is 20.7. The van der Waals surface area contributed by atoms with Gasteiger partial charge in [0.15, 0.2) is 8.32 Å². The minimum Gasteiger partial charge on any atom is -0.444 e. The Labute approximate surface area is 189 Å². The van der Waals surface area contributed by atoms with Crippen LogP contribution < -0.4 is 5.73 Å². The standard InChI is InChI=1S/C24H42N2O4Si/c1-23(2,3)30-22(27)26-15-20(14-13-18-11-9-10-12-21(18)25)28-16-19(26)17-29-31(7,8)24(4,5)6/h9-12,19-20H,13-17,25H2,1-8H3. The van der Waals surface area contributed by atoms with Crippen molar-refractivity contribution < 1.29 is 18.7 Å². The van der Waals surface area contributed by atoms with Crippen molar-refractivity contribution in [2.24, 2.45) is 0 Å². The molecule has 1 aliphatic heterocycles. The van der Waals surface area contributed by atoms with E-state index in [-0.39, 0.29) is 23.3 Å². The lowest BCUT2D eigenvalue weighted by Crippen LogP contribution is -2.56. The Morgan fingerprint density at radius 2 is 1.84 bits per heavy atom. The summed E-state index contributed by atoms with van der Waals surface area (Å²) in [5.41, 5.74) is 7.44. The first kappa shape index (κ1) is 25.7. The van der Waals surface area contributed by atoms with E-state index >= 15 is 0 Å². The maximum Gasteiger partial charge on any atom is 0.410 e. The van der Waals surface area contributed by atoms with E-state index in [0.717, 1.165) is 24.1 Å². The van der Waals surface area contributed by atoms with Gasteiger partial charge in [-0.1, -0.05) is 39.0 Å². The largest absolute Gasteiger partial charge is 0.444 e. The van der Waals surface area contributed by atoms with Gasteiger partial charge in [0, 0.05) is 5.69 Å². The van der Waals surface area contributed by atoms with E-state index in [1.807, 2.05) is 45.0 Å². The number of carbonyl (C=O) groups excluding carboxylic acids is 1. The highest BCUT2D eigenvalue weighted by Crippen LogP contribution is 2.37. The molecule has 0 aromatic heterocycles. The summed E-state index contributed by atoms with van der Waals surface area (Å²) in [6, 6.07) is 7.74. The molecule has 0 bridgehead atoms. The Morgan fingerprint density at radius 1 is 1.19 bits per heavy atom. The molecule has 1 fully saturated rings. The number of aryl methyl sites for hydroxylation is 1. The van der Waals surface area contributed by atoms with Gasteiger partial charge in [-0.05, 0) is 63.4 Å². The zero-order valence-corrected chi connectivity index (χ0v) is 21.7. The molecule has 1 heterocycles. The van der Waals surface area contributed by atoms with Gasteiger partial charge in [-0.2, -0.15) is 0 Å². The van der Waals surface area contributed by atoms with E-state index in [1.54, 1.807) is 4.90 Å². The maximum absolute atomic E-state index is 13.0. The van der Waals surface area contributed by atoms with Crippen molar-refractivity contribution >= 4 is 20.1 Å². The molecule has 6 nitrogen and oxygen atoms in total. The molecule has 2 N–H and O–H groups in total. The van der Waals surface area contributed by atoms with Crippen LogP contribution in [0.1, 0.15) is 53.5 Å². The molecule has 2 unspecified atom stereocenters. The third kappa shape index (κ3) is 7.51. The molecule has 0 saturated carbocycles. The van der Waals surface area contributed by atoms with Crippen LogP contribution in [0.4, 0.5) is 10.5 Å². The first-order valence-corrected chi connectivity index (χ1v) is 14.2. The third-order valence-electron chi connectivity index (χ3n) is 6.23. The van der Waals surface area contributed by atoms with Crippen molar-refractivity contribution in [2.75, 3.05) is 25.5 Å². The average molecular weight is 451 g/mol. The first-order chi connectivity index (χ1) is 14.2. The number of hydrogen-bond acceptors (Lipinski definition) is 5. The molecular weight excluding hydrogens is 408 g/mol. The Morgan fingerprint density at radius 3 is 2.42 bits per heavy atom. The lowest BCUT2D eigenvalue weighted by Gasteiger charge is -2.43. The number of carbonyl (C=O) groups is 1. The van der Waals surface area contributed by atoms with Gasteiger partial charge in [-0.3, -0.25) is 4.90 Å². The van der Waals surface area contributed by atoms with Crippen molar-refractivity contribution in [3.05, 3.63) is 29.8 Å². The second kappa shape index (κ2) is 9.92. The molecule has 31 heavy (non-hydrogen) atoms. The van der Waals surface area contributed by atoms with Crippen LogP contribution in [0.3, 0.4) is 0 Å². The monoisotopic (exact) mass is 450 g/mol. The minimum absolute atomic E-state index is 0.0590. The molecule has 176 valence electrons. The summed E-state index contributed by atoms with van der Waals surface area (Å²) < 4.78 is 18.3. The van der Waals surface area contributed by atoms with Gasteiger partial charge in [-0.15, -0.1) is 0 Å². The molecule has 2 atom stereocenters. The number of nitrogens with two attached hydrogens (primary N) is 1. The maximum atomic E-state index is 13.0. The van der Waals surface area contributed by atoms with Crippen molar-refractivity contribution in [3.8, 4) is 0 Å². The lowest BCUT2D eigenvalue weighted by molar-refractivity contribution is -0.0808. The molecule has 2 rings (SSSR count). The summed E-state index contributed by atoms with van der Waals surface area (Å²) in [6.07, 6.45) is 1.24. The smallest absolute Gasteiger partial charge is 0.410 e. The van der Waals surface area contributed by atoms with Crippen molar-refractivity contribution in [1.29, 1.82) is 0 Å². The van der Waals surface area contributed by atoms with Crippen molar-refractivity contribution in [2.45, 2.75) is 90.3 Å². The van der Waals surface area contributed by atoms with Crippen molar-refractivity contribution in [1.82, 2.24) is 4.90 Å². The molecule has 7 heteroatoms. The lowest BCUT2D eigenvalue weighted by atomic mass is 10.0. The van der Waals surface area contributed by atoms with Crippen LogP contribution in [0.15, 0.2) is 24.3 Å². The Kier molecular flexibility index (Phi) is 8.22. The van der Waals surface area contributed by atoms with Crippen LogP contribution in [-0.4, -0.2) is 56.8 Å². The predicted molar refractivity (Wildman–Crippen MR) is 129 cm³/mol. The zero-order chi connectivity index (χ0) is 23.4. The molecule has 1 aliphatic rings. The molecule has 1 aromatic carbocycles. The molecular formula is C24H42N2O4Si. The second-order valence-corrected chi connectivity index (χ2v) is 15.9. The number of nitrogens with zero attached hydrogens (tertiary/aromatic N) is 1. The highest BCUT2D eigenvalue weighted by molar-refractivity contribution is 6.74. The summed E-state index contributed by atoms with van der Waals surface area (Å²) in [5.74, 6) is 0. The van der Waals surface area contributed by atoms with Gasteiger partial charge in [0.2, 0.25) is 0 Å². The molecule has 1 amide bonds. The van der Waals surface area contributed by atoms with Gasteiger partial charge in [0.1, 0.15) is 5.60 Å². The highest BCUT2D eigenvalue weighted by atomic mass is 28.4. The molecule has 0 spiro atoms. The van der Waals surface area contributed by atoms with Crippen LogP contribution in [-0.2, 0) is 20.3 Å². The number of nitrogen functional groups attached to an aromatic ring is 1. The predicted octanol–water partition coefficient (Wildman–Crippen LogP) is 5.23. The number of para-hydroxylation sites is 1. The van der Waals surface area contributed by atoms with E-state index in [0.29, 0.717) is 19.8 Å². The summed E-state index contributed by atoms with van der Waals surface area (Å²) in [4.78, 5) is 14.8. The van der Waals surface area contributed by atoms with E-state index < -0.39 is 13.9 Å². The summed E-state index contributed by atoms with van der Waals surface area (Å²) in [7, 11) is -1.93. The van der Waals surface area contributed by atoms with Gasteiger partial charge in [0.25, 0.3) is 0 Å². The number of hydrogen-bond donors (Lipinski definition) is 1. The fourth-order valence-electron chi connectivity index (χ4n) is 3.21. The van der Waals surface area contributed by atoms with Gasteiger partial charge < -0.3 is 19.6 Å². The van der Waals surface area contributed by atoms with Gasteiger partial charge in [-0.25, -0.2) is 4.79 Å². The first-order valence-electron chi connectivity index (χ1n) is 11.3. The normalized spacial score (nSPS) is 20.6. The number of anilines is 1. The van der Waals surface area contributed by atoms with Crippen LogP contribution in [0, 0.1) is 0 Å². The summed E-state index contributed by atoms with van der Waals surface area (Å²) in [5, 5.41) is 0.109. The number of morpholine rings is 1. The number of benzene rings is 1. The second-order valence-electron chi connectivity index (χ2n) is 11.1. The minimum atomic E-state index is -1.93. The van der Waals surface area contributed by atoms with Gasteiger partial charge >= 0.3 is 6.09 Å². The highest BCUT2D eigenvalue weighted by Gasteiger charge is 2.40. The van der Waals surface area contributed by atoms with E-state index in [9.17, 15) is 4.79 Å². The van der Waals surface area contributed by atoms with Crippen LogP contribution in [0.2, 0.25) is 18.1 Å².